The van der Waals surface area contributed by atoms with Gasteiger partial charge < -0.3 is 0 Å². The summed E-state index contributed by atoms with van der Waals surface area (Å²) in [6.45, 7) is 9.25. The first-order valence-electron chi connectivity index (χ1n) is 3.85. The Morgan fingerprint density at radius 3 is 2.33 bits per heavy atom. The van der Waals surface area contributed by atoms with Gasteiger partial charge in [0.1, 0.15) is 5.83 Å². The van der Waals surface area contributed by atoms with Crippen molar-refractivity contribution in [2.75, 3.05) is 0 Å². The van der Waals surface area contributed by atoms with Crippen LogP contribution in [-0.2, 0) is 0 Å². The van der Waals surface area contributed by atoms with E-state index in [1.165, 1.54) is 12.2 Å². The molecule has 0 aliphatic rings. The summed E-state index contributed by atoms with van der Waals surface area (Å²) in [5, 5.41) is 0.0648. The molecule has 0 N–H and O–H groups in total. The monoisotopic (exact) mass is 188 g/mol. The van der Waals surface area contributed by atoms with Crippen LogP contribution in [0.2, 0.25) is 0 Å². The SMILES string of the molecule is C=C/C(Cl)=C(F)\C=C(/C)C(C)C. The third-order valence-corrected chi connectivity index (χ3v) is 2.01. The Morgan fingerprint density at radius 2 is 2.00 bits per heavy atom. The van der Waals surface area contributed by atoms with Crippen LogP contribution < -0.4 is 0 Å². The third-order valence-electron chi connectivity index (χ3n) is 1.67. The first kappa shape index (κ1) is 11.4. The van der Waals surface area contributed by atoms with Crippen LogP contribution in [0.4, 0.5) is 4.39 Å². The highest BCUT2D eigenvalue weighted by Gasteiger charge is 2.00. The summed E-state index contributed by atoms with van der Waals surface area (Å²) in [6, 6.07) is 0. The molecule has 0 saturated carbocycles. The molecule has 0 aromatic heterocycles. The Bertz CT molecular complexity index is 224. The zero-order valence-electron chi connectivity index (χ0n) is 7.70. The highest BCUT2D eigenvalue weighted by atomic mass is 35.5. The number of halogens is 2. The van der Waals surface area contributed by atoms with Crippen molar-refractivity contribution in [1.82, 2.24) is 0 Å². The largest absolute Gasteiger partial charge is 0.205 e. The Kier molecular flexibility index (Phi) is 4.91. The normalized spacial score (nSPS) is 14.7. The van der Waals surface area contributed by atoms with Crippen LogP contribution in [-0.4, -0.2) is 0 Å². The van der Waals surface area contributed by atoms with Crippen molar-refractivity contribution < 1.29 is 4.39 Å². The van der Waals surface area contributed by atoms with Gasteiger partial charge in [0.15, 0.2) is 0 Å². The average Bonchev–Trinajstić information content (AvgIpc) is 2.02. The van der Waals surface area contributed by atoms with Crippen LogP contribution in [0.5, 0.6) is 0 Å². The van der Waals surface area contributed by atoms with Crippen molar-refractivity contribution >= 4 is 11.6 Å². The number of hydrogen-bond acceptors (Lipinski definition) is 0. The second kappa shape index (κ2) is 5.15. The van der Waals surface area contributed by atoms with E-state index < -0.39 is 5.83 Å². The molecule has 0 atom stereocenters. The molecule has 0 radical (unpaired) electrons. The van der Waals surface area contributed by atoms with Gasteiger partial charge in [0.25, 0.3) is 0 Å². The summed E-state index contributed by atoms with van der Waals surface area (Å²) in [6.07, 6.45) is 2.73. The first-order valence-corrected chi connectivity index (χ1v) is 4.22. The summed E-state index contributed by atoms with van der Waals surface area (Å²) >= 11 is 5.51. The second-order valence-corrected chi connectivity index (χ2v) is 3.35. The molecule has 0 aliphatic heterocycles. The van der Waals surface area contributed by atoms with Gasteiger partial charge in [-0.25, -0.2) is 4.39 Å². The lowest BCUT2D eigenvalue weighted by atomic mass is 10.1. The standard InChI is InChI=1S/C10H14ClF/c1-5-9(11)10(12)6-8(4)7(2)3/h5-7H,1H2,2-4H3/b8-6+,10-9-. The van der Waals surface area contributed by atoms with Gasteiger partial charge in [-0.15, -0.1) is 0 Å². The van der Waals surface area contributed by atoms with E-state index >= 15 is 0 Å². The summed E-state index contributed by atoms with van der Waals surface area (Å²) in [5.41, 5.74) is 0.965. The molecule has 0 bridgehead atoms. The topological polar surface area (TPSA) is 0 Å². The molecule has 0 rings (SSSR count). The molecule has 12 heavy (non-hydrogen) atoms. The van der Waals surface area contributed by atoms with Crippen molar-refractivity contribution in [2.45, 2.75) is 20.8 Å². The predicted molar refractivity (Wildman–Crippen MR) is 52.8 cm³/mol. The van der Waals surface area contributed by atoms with Gasteiger partial charge in [-0.3, -0.25) is 0 Å². The number of rotatable bonds is 3. The lowest BCUT2D eigenvalue weighted by Gasteiger charge is -2.03. The smallest absolute Gasteiger partial charge is 0.141 e. The fourth-order valence-corrected chi connectivity index (χ4v) is 0.588. The quantitative estimate of drug-likeness (QED) is 0.583. The first-order chi connectivity index (χ1) is 5.49. The van der Waals surface area contributed by atoms with Gasteiger partial charge in [0.05, 0.1) is 5.03 Å². The molecule has 0 aromatic carbocycles. The highest BCUT2D eigenvalue weighted by Crippen LogP contribution is 2.17. The van der Waals surface area contributed by atoms with E-state index in [2.05, 4.69) is 6.58 Å². The third kappa shape index (κ3) is 3.72. The average molecular weight is 189 g/mol. The van der Waals surface area contributed by atoms with Gasteiger partial charge in [0, 0.05) is 0 Å². The van der Waals surface area contributed by atoms with E-state index in [1.807, 2.05) is 20.8 Å². The molecular weight excluding hydrogens is 175 g/mol. The maximum atomic E-state index is 13.0. The van der Waals surface area contributed by atoms with Crippen molar-refractivity contribution in [2.24, 2.45) is 5.92 Å². The van der Waals surface area contributed by atoms with E-state index in [4.69, 9.17) is 11.6 Å². The molecule has 0 saturated heterocycles. The van der Waals surface area contributed by atoms with E-state index in [0.29, 0.717) is 5.92 Å². The van der Waals surface area contributed by atoms with Crippen LogP contribution >= 0.6 is 11.6 Å². The Balaban J connectivity index is 4.64. The Morgan fingerprint density at radius 1 is 1.50 bits per heavy atom. The molecule has 68 valence electrons. The van der Waals surface area contributed by atoms with Crippen LogP contribution in [0.1, 0.15) is 20.8 Å². The highest BCUT2D eigenvalue weighted by molar-refractivity contribution is 6.31. The van der Waals surface area contributed by atoms with Gasteiger partial charge in [-0.2, -0.15) is 0 Å². The molecule has 0 unspecified atom stereocenters. The lowest BCUT2D eigenvalue weighted by molar-refractivity contribution is 0.655. The van der Waals surface area contributed by atoms with Crippen molar-refractivity contribution in [3.8, 4) is 0 Å². The van der Waals surface area contributed by atoms with Gasteiger partial charge in [-0.1, -0.05) is 37.6 Å². The molecule has 0 aliphatic carbocycles. The minimum absolute atomic E-state index is 0.0648. The second-order valence-electron chi connectivity index (χ2n) is 2.94. The summed E-state index contributed by atoms with van der Waals surface area (Å²) in [5.74, 6) is -0.0806. The van der Waals surface area contributed by atoms with Gasteiger partial charge in [0.2, 0.25) is 0 Å². The molecule has 0 amide bonds. The van der Waals surface area contributed by atoms with E-state index in [1.54, 1.807) is 0 Å². The maximum Gasteiger partial charge on any atom is 0.141 e. The minimum Gasteiger partial charge on any atom is -0.205 e. The van der Waals surface area contributed by atoms with Gasteiger partial charge in [-0.05, 0) is 25.0 Å². The molecular formula is C10H14ClF. The zero-order chi connectivity index (χ0) is 9.72. The Labute approximate surface area is 78.4 Å². The molecule has 2 heteroatoms. The molecule has 0 aromatic rings. The fourth-order valence-electron chi connectivity index (χ4n) is 0.533. The summed E-state index contributed by atoms with van der Waals surface area (Å²) in [4.78, 5) is 0. The summed E-state index contributed by atoms with van der Waals surface area (Å²) < 4.78 is 13.0. The van der Waals surface area contributed by atoms with Crippen LogP contribution in [0.25, 0.3) is 0 Å². The van der Waals surface area contributed by atoms with Crippen molar-refractivity contribution in [3.05, 3.63) is 35.2 Å². The zero-order valence-corrected chi connectivity index (χ0v) is 8.45. The number of allylic oxidation sites excluding steroid dienone is 5. The maximum absolute atomic E-state index is 13.0. The minimum atomic E-state index is -0.419. The molecule has 0 spiro atoms. The molecule has 0 fully saturated rings. The lowest BCUT2D eigenvalue weighted by Crippen LogP contribution is -1.88. The fraction of sp³-hybridized carbons (Fsp3) is 0.400. The van der Waals surface area contributed by atoms with Gasteiger partial charge >= 0.3 is 0 Å². The molecule has 0 nitrogen and oxygen atoms in total. The van der Waals surface area contributed by atoms with E-state index in [-0.39, 0.29) is 5.03 Å². The van der Waals surface area contributed by atoms with Crippen molar-refractivity contribution in [1.29, 1.82) is 0 Å². The molecule has 0 heterocycles. The van der Waals surface area contributed by atoms with Crippen LogP contribution in [0.3, 0.4) is 0 Å². The van der Waals surface area contributed by atoms with E-state index in [0.717, 1.165) is 5.57 Å². The van der Waals surface area contributed by atoms with E-state index in [9.17, 15) is 4.39 Å². The van der Waals surface area contributed by atoms with Crippen LogP contribution in [0, 0.1) is 5.92 Å². The Hall–Kier alpha value is -0.560. The van der Waals surface area contributed by atoms with Crippen LogP contribution in [0.15, 0.2) is 35.2 Å². The predicted octanol–water partition coefficient (Wildman–Crippen LogP) is 4.19. The van der Waals surface area contributed by atoms with Crippen molar-refractivity contribution in [3.63, 3.8) is 0 Å². The summed E-state index contributed by atoms with van der Waals surface area (Å²) in [7, 11) is 0. The number of hydrogen-bond donors (Lipinski definition) is 0.